The predicted molar refractivity (Wildman–Crippen MR) is 181 cm³/mol. The molecule has 0 radical (unpaired) electrons. The molecule has 10 atom stereocenters. The minimum atomic E-state index is -0.973. The van der Waals surface area contributed by atoms with Gasteiger partial charge < -0.3 is 0 Å². The van der Waals surface area contributed by atoms with E-state index in [1.54, 1.807) is 128 Å². The fourth-order valence-electron chi connectivity index (χ4n) is 13.5. The first-order valence-electron chi connectivity index (χ1n) is 19.1. The molecule has 0 nitrogen and oxygen atoms in total. The summed E-state index contributed by atoms with van der Waals surface area (Å²) < 4.78 is 0. The van der Waals surface area contributed by atoms with E-state index >= 15 is 0 Å². The van der Waals surface area contributed by atoms with E-state index in [1.165, 1.54) is 0 Å². The third-order valence-electron chi connectivity index (χ3n) is 14.3. The topological polar surface area (TPSA) is 0 Å². The second kappa shape index (κ2) is 12.4. The second-order valence-corrected chi connectivity index (χ2v) is 30.5. The molecule has 0 N–H and O–H groups in total. The Kier molecular flexibility index (Phi) is 9.47. The first kappa shape index (κ1) is 30.5. The van der Waals surface area contributed by atoms with Crippen LogP contribution in [0.5, 0.6) is 0 Å². The lowest BCUT2D eigenvalue weighted by molar-refractivity contribution is 0.0141. The zero-order valence-electron chi connectivity index (χ0n) is 28.1. The van der Waals surface area contributed by atoms with Crippen molar-refractivity contribution >= 4 is 16.1 Å². The van der Waals surface area contributed by atoms with E-state index in [2.05, 4.69) is 39.3 Å². The normalized spacial score (nSPS) is 46.0. The maximum absolute atomic E-state index is 2.66. The van der Waals surface area contributed by atoms with Gasteiger partial charge in [0.05, 0.1) is 0 Å². The van der Waals surface area contributed by atoms with Crippen molar-refractivity contribution in [1.29, 1.82) is 0 Å². The van der Waals surface area contributed by atoms with Gasteiger partial charge in [0.2, 0.25) is 0 Å². The molecule has 0 spiro atoms. The highest BCUT2D eigenvalue weighted by Crippen LogP contribution is 2.59. The first-order chi connectivity index (χ1) is 19.1. The van der Waals surface area contributed by atoms with Crippen molar-refractivity contribution in [3.8, 4) is 0 Å². The van der Waals surface area contributed by atoms with Crippen LogP contribution in [0.15, 0.2) is 0 Å². The van der Waals surface area contributed by atoms with Crippen molar-refractivity contribution in [3.63, 3.8) is 0 Å². The van der Waals surface area contributed by atoms with Crippen LogP contribution in [0, 0.1) is 71.0 Å². The zero-order valence-corrected chi connectivity index (χ0v) is 30.1. The van der Waals surface area contributed by atoms with Crippen LogP contribution < -0.4 is 0 Å². The highest BCUT2D eigenvalue weighted by molar-refractivity contribution is 6.76. The Morgan fingerprint density at radius 2 is 0.775 bits per heavy atom. The molecule has 0 amide bonds. The summed E-state index contributed by atoms with van der Waals surface area (Å²) in [6.45, 7) is 15.9. The number of hydrogen-bond donors (Lipinski definition) is 0. The van der Waals surface area contributed by atoms with E-state index in [1.807, 2.05) is 0 Å². The van der Waals surface area contributed by atoms with Crippen molar-refractivity contribution in [2.45, 2.75) is 167 Å². The smallest absolute Gasteiger partial charge is 0.0445 e. The monoisotopic (exact) mass is 583 g/mol. The molecule has 0 bridgehead atoms. The van der Waals surface area contributed by atoms with E-state index in [-0.39, 0.29) is 0 Å². The highest BCUT2D eigenvalue weighted by Gasteiger charge is 2.50. The lowest BCUT2D eigenvalue weighted by Crippen LogP contribution is -2.39. The molecule has 0 saturated heterocycles. The van der Waals surface area contributed by atoms with Crippen LogP contribution in [0.4, 0.5) is 0 Å². The van der Waals surface area contributed by atoms with Crippen molar-refractivity contribution in [3.05, 3.63) is 0 Å². The Morgan fingerprint density at radius 1 is 0.400 bits per heavy atom. The molecule has 10 unspecified atom stereocenters. The van der Waals surface area contributed by atoms with Crippen molar-refractivity contribution in [2.75, 3.05) is 0 Å². The maximum Gasteiger partial charge on any atom is 0.0445 e. The largest absolute Gasteiger partial charge is 0.0695 e. The quantitative estimate of drug-likeness (QED) is 0.250. The second-order valence-electron chi connectivity index (χ2n) is 19.5. The van der Waals surface area contributed by atoms with Crippen LogP contribution >= 0.6 is 0 Å². The van der Waals surface area contributed by atoms with Gasteiger partial charge in [-0.25, -0.2) is 0 Å². The van der Waals surface area contributed by atoms with Gasteiger partial charge in [-0.05, 0) is 122 Å². The fraction of sp³-hybridized carbons (Fsp3) is 1.00. The van der Waals surface area contributed by atoms with Gasteiger partial charge >= 0.3 is 0 Å². The summed E-state index contributed by atoms with van der Waals surface area (Å²) in [7, 11) is -1.95. The summed E-state index contributed by atoms with van der Waals surface area (Å²) in [6, 6.07) is 3.26. The van der Waals surface area contributed by atoms with Crippen molar-refractivity contribution < 1.29 is 0 Å². The molecule has 6 rings (SSSR count). The lowest BCUT2D eigenvalue weighted by Gasteiger charge is -2.48. The molecule has 230 valence electrons. The molecule has 0 heterocycles. The Balaban J connectivity index is 1.16. The Bertz CT molecular complexity index is 754. The molecule has 0 aromatic carbocycles. The number of hydrogen-bond acceptors (Lipinski definition) is 0. The van der Waals surface area contributed by atoms with Crippen LogP contribution in [-0.4, -0.2) is 16.1 Å². The summed E-state index contributed by atoms with van der Waals surface area (Å²) in [5.41, 5.74) is 0. The molecule has 6 fully saturated rings. The number of fused-ring (bicyclic) bond motifs is 3. The molecule has 0 aromatic heterocycles. The molecule has 0 aromatic rings. The molecule has 6 aliphatic rings. The minimum absolute atomic E-state index is 0.973. The van der Waals surface area contributed by atoms with Crippen molar-refractivity contribution in [2.24, 2.45) is 71.0 Å². The minimum Gasteiger partial charge on any atom is -0.0695 e. The van der Waals surface area contributed by atoms with Crippen LogP contribution in [0.3, 0.4) is 0 Å². The number of rotatable bonds is 8. The van der Waals surface area contributed by atoms with Gasteiger partial charge in [-0.3, -0.25) is 0 Å². The predicted octanol–water partition coefficient (Wildman–Crippen LogP) is 12.2. The third kappa shape index (κ3) is 6.89. The molecule has 6 saturated carbocycles. The Labute approximate surface area is 253 Å². The average molecular weight is 583 g/mol. The van der Waals surface area contributed by atoms with E-state index < -0.39 is 16.1 Å². The standard InChI is InChI=1S/C38H70Si2/c1-39(2,3)25-32-23-30(34-17-7-9-19-36(32)34)21-28-15-11-13-27-14-12-16-29(38(27)28)22-31-24-33(26-40(4,5)6)37-20-10-8-18-35(31)37/h27-38H,7-26H2,1-6H3. The maximum atomic E-state index is 2.66. The van der Waals surface area contributed by atoms with Gasteiger partial charge in [-0.1, -0.05) is 116 Å². The van der Waals surface area contributed by atoms with E-state index in [9.17, 15) is 0 Å². The molecule has 2 heteroatoms. The summed E-state index contributed by atoms with van der Waals surface area (Å²) in [6.07, 6.45) is 28.8. The summed E-state index contributed by atoms with van der Waals surface area (Å²) >= 11 is 0. The third-order valence-corrected chi connectivity index (χ3v) is 17.8. The summed E-state index contributed by atoms with van der Waals surface area (Å²) in [4.78, 5) is 0. The van der Waals surface area contributed by atoms with E-state index in [0.717, 1.165) is 71.0 Å². The van der Waals surface area contributed by atoms with Crippen LogP contribution in [0.2, 0.25) is 51.4 Å². The Morgan fingerprint density at radius 3 is 1.15 bits per heavy atom. The molecular weight excluding hydrogens is 513 g/mol. The highest BCUT2D eigenvalue weighted by atomic mass is 28.3. The van der Waals surface area contributed by atoms with Gasteiger partial charge in [0.25, 0.3) is 0 Å². The summed E-state index contributed by atoms with van der Waals surface area (Å²) in [5.74, 6) is 13.3. The van der Waals surface area contributed by atoms with Gasteiger partial charge in [0, 0.05) is 16.1 Å². The lowest BCUT2D eigenvalue weighted by atomic mass is 9.57. The van der Waals surface area contributed by atoms with E-state index in [0.29, 0.717) is 0 Å². The van der Waals surface area contributed by atoms with Crippen LogP contribution in [-0.2, 0) is 0 Å². The van der Waals surface area contributed by atoms with Gasteiger partial charge in [0.15, 0.2) is 0 Å². The van der Waals surface area contributed by atoms with Gasteiger partial charge in [0.1, 0.15) is 0 Å². The Hall–Kier alpha value is 0.434. The fourth-order valence-corrected chi connectivity index (χ4v) is 17.5. The van der Waals surface area contributed by atoms with Gasteiger partial charge in [-0.15, -0.1) is 0 Å². The molecule has 40 heavy (non-hydrogen) atoms. The zero-order chi connectivity index (χ0) is 28.1. The van der Waals surface area contributed by atoms with E-state index in [4.69, 9.17) is 0 Å². The van der Waals surface area contributed by atoms with Crippen LogP contribution in [0.25, 0.3) is 0 Å². The average Bonchev–Trinajstić information content (AvgIpc) is 3.40. The van der Waals surface area contributed by atoms with Crippen molar-refractivity contribution in [1.82, 2.24) is 0 Å². The molecular formula is C38H70Si2. The van der Waals surface area contributed by atoms with Gasteiger partial charge in [-0.2, -0.15) is 0 Å². The van der Waals surface area contributed by atoms with Crippen LogP contribution in [0.1, 0.15) is 116 Å². The SMILES string of the molecule is C[Si](C)(C)CC1CC(CC2CCCC3CCCC(CC4CC(C[Si](C)(C)C)C5CCCCC45)C32)C2CCCCC12. The first-order valence-corrected chi connectivity index (χ1v) is 26.5. The summed E-state index contributed by atoms with van der Waals surface area (Å²) in [5, 5.41) is 0. The molecule has 0 aliphatic heterocycles. The molecule has 6 aliphatic carbocycles.